The third-order valence-corrected chi connectivity index (χ3v) is 2.30. The van der Waals surface area contributed by atoms with Crippen LogP contribution in [0, 0.1) is 6.92 Å². The van der Waals surface area contributed by atoms with Crippen LogP contribution in [0.5, 0.6) is 0 Å². The topological polar surface area (TPSA) is 60.7 Å². The molecule has 2 aromatic heterocycles. The predicted molar refractivity (Wildman–Crippen MR) is 59.0 cm³/mol. The lowest BCUT2D eigenvalue weighted by atomic mass is 10.2. The van der Waals surface area contributed by atoms with E-state index in [1.54, 1.807) is 17.8 Å². The molecule has 82 valence electrons. The molecule has 0 radical (unpaired) electrons. The number of carbonyl (C=O) groups excluding carboxylic acids is 1. The Bertz CT molecular complexity index is 545. The molecule has 0 aromatic carbocycles. The van der Waals surface area contributed by atoms with Crippen LogP contribution in [0.15, 0.2) is 18.5 Å². The minimum atomic E-state index is -0.0231. The summed E-state index contributed by atoms with van der Waals surface area (Å²) in [5.74, 6) is 0.521. The lowest BCUT2D eigenvalue weighted by Crippen LogP contribution is -2.02. The molecule has 0 atom stereocenters. The summed E-state index contributed by atoms with van der Waals surface area (Å²) in [5.41, 5.74) is 1.95. The van der Waals surface area contributed by atoms with E-state index in [1.807, 2.05) is 19.3 Å². The maximum atomic E-state index is 11.2. The van der Waals surface area contributed by atoms with Crippen LogP contribution in [-0.2, 0) is 7.05 Å². The highest BCUT2D eigenvalue weighted by molar-refractivity contribution is 5.94. The molecule has 0 saturated carbocycles. The van der Waals surface area contributed by atoms with E-state index in [1.165, 1.54) is 6.92 Å². The maximum Gasteiger partial charge on any atom is 0.180 e. The Labute approximate surface area is 93.2 Å². The average molecular weight is 216 g/mol. The SMILES string of the molecule is CC(=O)c1cnc(-c2ccn(C)n2)nc1C. The van der Waals surface area contributed by atoms with Crippen molar-refractivity contribution in [2.24, 2.45) is 7.05 Å². The summed E-state index contributed by atoms with van der Waals surface area (Å²) in [6.07, 6.45) is 3.38. The largest absolute Gasteiger partial charge is 0.294 e. The fourth-order valence-electron chi connectivity index (χ4n) is 1.47. The van der Waals surface area contributed by atoms with Crippen molar-refractivity contribution in [1.29, 1.82) is 0 Å². The molecule has 5 heteroatoms. The molecule has 2 aromatic rings. The number of ketones is 1. The highest BCUT2D eigenvalue weighted by Crippen LogP contribution is 2.13. The standard InChI is InChI=1S/C11H12N4O/c1-7-9(8(2)16)6-12-11(13-7)10-4-5-15(3)14-10/h4-6H,1-3H3. The summed E-state index contributed by atoms with van der Waals surface area (Å²) >= 11 is 0. The van der Waals surface area contributed by atoms with Crippen molar-refractivity contribution in [2.45, 2.75) is 13.8 Å². The fraction of sp³-hybridized carbons (Fsp3) is 0.273. The Morgan fingerprint density at radius 1 is 1.44 bits per heavy atom. The van der Waals surface area contributed by atoms with E-state index in [0.717, 1.165) is 0 Å². The number of hydrogen-bond acceptors (Lipinski definition) is 4. The molecule has 0 saturated heterocycles. The molecule has 2 rings (SSSR count). The maximum absolute atomic E-state index is 11.2. The molecule has 16 heavy (non-hydrogen) atoms. The van der Waals surface area contributed by atoms with Gasteiger partial charge in [-0.25, -0.2) is 9.97 Å². The lowest BCUT2D eigenvalue weighted by molar-refractivity contribution is 0.101. The van der Waals surface area contributed by atoms with Gasteiger partial charge >= 0.3 is 0 Å². The van der Waals surface area contributed by atoms with E-state index in [0.29, 0.717) is 22.8 Å². The Morgan fingerprint density at radius 2 is 2.19 bits per heavy atom. The number of rotatable bonds is 2. The second-order valence-electron chi connectivity index (χ2n) is 3.62. The summed E-state index contributed by atoms with van der Waals surface area (Å²) < 4.78 is 1.69. The van der Waals surface area contributed by atoms with Gasteiger partial charge in [-0.1, -0.05) is 0 Å². The molecule has 0 aliphatic heterocycles. The first-order valence-corrected chi connectivity index (χ1v) is 4.92. The van der Waals surface area contributed by atoms with Gasteiger partial charge in [0.1, 0.15) is 5.69 Å². The Balaban J connectivity index is 2.45. The van der Waals surface area contributed by atoms with Crippen LogP contribution >= 0.6 is 0 Å². The summed E-state index contributed by atoms with van der Waals surface area (Å²) in [4.78, 5) is 19.6. The zero-order chi connectivity index (χ0) is 11.7. The van der Waals surface area contributed by atoms with Crippen LogP contribution in [-0.4, -0.2) is 25.5 Å². The van der Waals surface area contributed by atoms with Crippen LogP contribution in [0.4, 0.5) is 0 Å². The van der Waals surface area contributed by atoms with Gasteiger partial charge in [0.25, 0.3) is 0 Å². The van der Waals surface area contributed by atoms with Crippen LogP contribution in [0.25, 0.3) is 11.5 Å². The number of nitrogens with zero attached hydrogens (tertiary/aromatic N) is 4. The molecule has 0 amide bonds. The minimum absolute atomic E-state index is 0.0231. The molecular formula is C11H12N4O. The first-order valence-electron chi connectivity index (χ1n) is 4.92. The van der Waals surface area contributed by atoms with Crippen LogP contribution in [0.3, 0.4) is 0 Å². The molecule has 0 spiro atoms. The van der Waals surface area contributed by atoms with E-state index in [2.05, 4.69) is 15.1 Å². The van der Waals surface area contributed by atoms with Gasteiger partial charge in [-0.15, -0.1) is 0 Å². The first kappa shape index (κ1) is 10.5. The van der Waals surface area contributed by atoms with Gasteiger partial charge in [0.05, 0.1) is 11.3 Å². The number of aromatic nitrogens is 4. The molecule has 5 nitrogen and oxygen atoms in total. The monoisotopic (exact) mass is 216 g/mol. The van der Waals surface area contributed by atoms with Crippen molar-refractivity contribution in [3.63, 3.8) is 0 Å². The molecule has 0 unspecified atom stereocenters. The fourth-order valence-corrected chi connectivity index (χ4v) is 1.47. The highest BCUT2D eigenvalue weighted by Gasteiger charge is 2.10. The van der Waals surface area contributed by atoms with E-state index in [9.17, 15) is 4.79 Å². The third kappa shape index (κ3) is 1.84. The van der Waals surface area contributed by atoms with Gasteiger partial charge in [0, 0.05) is 19.4 Å². The number of Topliss-reactive ketones (excluding diaryl/α,β-unsaturated/α-hetero) is 1. The van der Waals surface area contributed by atoms with Crippen LogP contribution in [0.1, 0.15) is 23.0 Å². The zero-order valence-electron chi connectivity index (χ0n) is 9.43. The average Bonchev–Trinajstić information content (AvgIpc) is 2.64. The third-order valence-electron chi connectivity index (χ3n) is 2.30. The highest BCUT2D eigenvalue weighted by atomic mass is 16.1. The van der Waals surface area contributed by atoms with Crippen molar-refractivity contribution < 1.29 is 4.79 Å². The Hall–Kier alpha value is -2.04. The van der Waals surface area contributed by atoms with Gasteiger partial charge in [-0.05, 0) is 19.9 Å². The quantitative estimate of drug-likeness (QED) is 0.712. The summed E-state index contributed by atoms with van der Waals surface area (Å²) in [7, 11) is 1.83. The van der Waals surface area contributed by atoms with Gasteiger partial charge in [-0.3, -0.25) is 9.48 Å². The minimum Gasteiger partial charge on any atom is -0.294 e. The summed E-state index contributed by atoms with van der Waals surface area (Å²) in [5, 5.41) is 4.20. The normalized spacial score (nSPS) is 10.4. The van der Waals surface area contributed by atoms with Gasteiger partial charge < -0.3 is 0 Å². The lowest BCUT2D eigenvalue weighted by Gasteiger charge is -2.01. The molecule has 0 bridgehead atoms. The molecule has 0 fully saturated rings. The zero-order valence-corrected chi connectivity index (χ0v) is 9.43. The van der Waals surface area contributed by atoms with Crippen molar-refractivity contribution in [1.82, 2.24) is 19.7 Å². The van der Waals surface area contributed by atoms with Crippen molar-refractivity contribution in [3.05, 3.63) is 29.7 Å². The first-order chi connectivity index (χ1) is 7.58. The molecule has 0 N–H and O–H groups in total. The van der Waals surface area contributed by atoms with Crippen LogP contribution in [0.2, 0.25) is 0 Å². The van der Waals surface area contributed by atoms with Crippen molar-refractivity contribution in [3.8, 4) is 11.5 Å². The smallest absolute Gasteiger partial charge is 0.180 e. The Morgan fingerprint density at radius 3 is 2.69 bits per heavy atom. The van der Waals surface area contributed by atoms with Crippen molar-refractivity contribution in [2.75, 3.05) is 0 Å². The predicted octanol–water partition coefficient (Wildman–Crippen LogP) is 1.39. The van der Waals surface area contributed by atoms with E-state index >= 15 is 0 Å². The van der Waals surface area contributed by atoms with E-state index in [4.69, 9.17) is 0 Å². The molecular weight excluding hydrogens is 204 g/mol. The molecule has 2 heterocycles. The van der Waals surface area contributed by atoms with Gasteiger partial charge in [-0.2, -0.15) is 5.10 Å². The van der Waals surface area contributed by atoms with Gasteiger partial charge in [0.2, 0.25) is 0 Å². The van der Waals surface area contributed by atoms with E-state index in [-0.39, 0.29) is 5.78 Å². The Kier molecular flexibility index (Phi) is 2.52. The molecule has 0 aliphatic carbocycles. The van der Waals surface area contributed by atoms with Gasteiger partial charge in [0.15, 0.2) is 11.6 Å². The number of hydrogen-bond donors (Lipinski definition) is 0. The second-order valence-corrected chi connectivity index (χ2v) is 3.62. The summed E-state index contributed by atoms with van der Waals surface area (Å²) in [6.45, 7) is 3.30. The molecule has 0 aliphatic rings. The van der Waals surface area contributed by atoms with Crippen molar-refractivity contribution >= 4 is 5.78 Å². The summed E-state index contributed by atoms with van der Waals surface area (Å²) in [6, 6.07) is 1.84. The second kappa shape index (κ2) is 3.84. The van der Waals surface area contributed by atoms with Crippen LogP contribution < -0.4 is 0 Å². The van der Waals surface area contributed by atoms with E-state index < -0.39 is 0 Å². The number of aryl methyl sites for hydroxylation is 2. The number of carbonyl (C=O) groups is 1.